The molecule has 0 fully saturated rings. The molecule has 2 aromatic heterocycles. The Balaban J connectivity index is 1.71. The number of methoxy groups -OCH3 is 1. The minimum atomic E-state index is -0.200. The molecule has 5 nitrogen and oxygen atoms in total. The van der Waals surface area contributed by atoms with Crippen LogP contribution < -0.4 is 10.1 Å². The predicted octanol–water partition coefficient (Wildman–Crippen LogP) is 4.19. The zero-order valence-corrected chi connectivity index (χ0v) is 14.9. The van der Waals surface area contributed by atoms with Gasteiger partial charge in [-0.25, -0.2) is 4.98 Å². The number of carbonyl (C=O) groups excluding carboxylic acids is 1. The Hall–Kier alpha value is -3.60. The van der Waals surface area contributed by atoms with E-state index in [0.717, 1.165) is 16.9 Å². The van der Waals surface area contributed by atoms with Crippen molar-refractivity contribution < 1.29 is 9.53 Å². The number of aromatic nitrogens is 2. The van der Waals surface area contributed by atoms with Crippen LogP contribution in [0.5, 0.6) is 5.75 Å². The van der Waals surface area contributed by atoms with Crippen molar-refractivity contribution in [2.24, 2.45) is 0 Å². The molecule has 0 aliphatic rings. The van der Waals surface area contributed by atoms with Gasteiger partial charge in [-0.1, -0.05) is 42.5 Å². The van der Waals surface area contributed by atoms with E-state index in [0.29, 0.717) is 23.6 Å². The lowest BCUT2D eigenvalue weighted by atomic mass is 10.1. The van der Waals surface area contributed by atoms with E-state index < -0.39 is 0 Å². The minimum absolute atomic E-state index is 0.200. The van der Waals surface area contributed by atoms with Crippen LogP contribution in [0.4, 0.5) is 5.82 Å². The van der Waals surface area contributed by atoms with Gasteiger partial charge in [0.2, 0.25) is 0 Å². The van der Waals surface area contributed by atoms with Crippen LogP contribution in [-0.4, -0.2) is 22.4 Å². The van der Waals surface area contributed by atoms with Crippen LogP contribution in [0.25, 0.3) is 5.65 Å². The van der Waals surface area contributed by atoms with Gasteiger partial charge in [-0.05, 0) is 35.9 Å². The summed E-state index contributed by atoms with van der Waals surface area (Å²) < 4.78 is 7.11. The van der Waals surface area contributed by atoms with Crippen molar-refractivity contribution in [1.29, 1.82) is 0 Å². The van der Waals surface area contributed by atoms with Crippen molar-refractivity contribution in [3.63, 3.8) is 0 Å². The first kappa shape index (κ1) is 16.8. The standard InChI is InChI=1S/C22H19N3O2/c1-27-18-11-7-10-17(15-18)22(26)24-21-19(14-16-8-3-2-4-9-16)23-20-12-5-6-13-25(20)21/h2-13,15H,14H2,1H3,(H,24,26). The molecule has 0 unspecified atom stereocenters. The van der Waals surface area contributed by atoms with Gasteiger partial charge in [0, 0.05) is 18.2 Å². The van der Waals surface area contributed by atoms with E-state index in [1.54, 1.807) is 25.3 Å². The number of pyridine rings is 1. The summed E-state index contributed by atoms with van der Waals surface area (Å²) in [6, 6.07) is 23.0. The zero-order valence-electron chi connectivity index (χ0n) is 14.9. The molecule has 1 amide bonds. The fourth-order valence-electron chi connectivity index (χ4n) is 3.03. The van der Waals surface area contributed by atoms with Crippen molar-refractivity contribution in [1.82, 2.24) is 9.38 Å². The van der Waals surface area contributed by atoms with Gasteiger partial charge < -0.3 is 10.1 Å². The highest BCUT2D eigenvalue weighted by Crippen LogP contribution is 2.22. The summed E-state index contributed by atoms with van der Waals surface area (Å²) in [7, 11) is 1.58. The maximum Gasteiger partial charge on any atom is 0.256 e. The first-order valence-electron chi connectivity index (χ1n) is 8.70. The molecule has 4 rings (SSSR count). The quantitative estimate of drug-likeness (QED) is 0.583. The lowest BCUT2D eigenvalue weighted by molar-refractivity contribution is 0.102. The molecule has 1 N–H and O–H groups in total. The molecule has 0 saturated carbocycles. The minimum Gasteiger partial charge on any atom is -0.497 e. The Kier molecular flexibility index (Phi) is 4.58. The number of fused-ring (bicyclic) bond motifs is 1. The highest BCUT2D eigenvalue weighted by Gasteiger charge is 2.16. The molecule has 0 aliphatic carbocycles. The summed E-state index contributed by atoms with van der Waals surface area (Å²) in [6.45, 7) is 0. The van der Waals surface area contributed by atoms with E-state index in [4.69, 9.17) is 9.72 Å². The van der Waals surface area contributed by atoms with Gasteiger partial charge in [-0.2, -0.15) is 0 Å². The van der Waals surface area contributed by atoms with Crippen LogP contribution in [0.3, 0.4) is 0 Å². The molecule has 27 heavy (non-hydrogen) atoms. The van der Waals surface area contributed by atoms with Crippen LogP contribution in [0, 0.1) is 0 Å². The molecule has 0 spiro atoms. The number of carbonyl (C=O) groups is 1. The average molecular weight is 357 g/mol. The van der Waals surface area contributed by atoms with Gasteiger partial charge in [0.1, 0.15) is 17.2 Å². The van der Waals surface area contributed by atoms with Crippen LogP contribution in [0.1, 0.15) is 21.6 Å². The van der Waals surface area contributed by atoms with Crippen molar-refractivity contribution in [3.8, 4) is 5.75 Å². The number of benzene rings is 2. The van der Waals surface area contributed by atoms with E-state index in [1.165, 1.54) is 0 Å². The number of ether oxygens (including phenoxy) is 1. The van der Waals surface area contributed by atoms with Crippen molar-refractivity contribution in [3.05, 3.63) is 95.8 Å². The van der Waals surface area contributed by atoms with E-state index in [2.05, 4.69) is 17.4 Å². The second-order valence-electron chi connectivity index (χ2n) is 6.18. The number of hydrogen-bond acceptors (Lipinski definition) is 3. The lowest BCUT2D eigenvalue weighted by Gasteiger charge is -2.09. The van der Waals surface area contributed by atoms with Gasteiger partial charge in [0.15, 0.2) is 0 Å². The van der Waals surface area contributed by atoms with Gasteiger partial charge >= 0.3 is 0 Å². The summed E-state index contributed by atoms with van der Waals surface area (Å²) in [5.74, 6) is 1.13. The highest BCUT2D eigenvalue weighted by molar-refractivity contribution is 6.04. The third-order valence-electron chi connectivity index (χ3n) is 4.38. The number of nitrogens with one attached hydrogen (secondary N) is 1. The second-order valence-corrected chi connectivity index (χ2v) is 6.18. The Morgan fingerprint density at radius 1 is 1.04 bits per heavy atom. The van der Waals surface area contributed by atoms with E-state index in [9.17, 15) is 4.79 Å². The van der Waals surface area contributed by atoms with E-state index >= 15 is 0 Å². The number of rotatable bonds is 5. The predicted molar refractivity (Wildman–Crippen MR) is 105 cm³/mol. The summed E-state index contributed by atoms with van der Waals surface area (Å²) in [5, 5.41) is 3.03. The summed E-state index contributed by atoms with van der Waals surface area (Å²) in [4.78, 5) is 17.5. The van der Waals surface area contributed by atoms with Crippen LogP contribution >= 0.6 is 0 Å². The molecule has 0 atom stereocenters. The molecule has 2 heterocycles. The average Bonchev–Trinajstić information content (AvgIpc) is 3.06. The van der Waals surface area contributed by atoms with Crippen LogP contribution in [0.2, 0.25) is 0 Å². The van der Waals surface area contributed by atoms with Crippen LogP contribution in [-0.2, 0) is 6.42 Å². The Bertz CT molecular complexity index is 1090. The van der Waals surface area contributed by atoms with Crippen molar-refractivity contribution in [2.45, 2.75) is 6.42 Å². The third kappa shape index (κ3) is 3.53. The van der Waals surface area contributed by atoms with E-state index in [-0.39, 0.29) is 5.91 Å². The number of amides is 1. The first-order valence-corrected chi connectivity index (χ1v) is 8.70. The number of hydrogen-bond donors (Lipinski definition) is 1. The first-order chi connectivity index (χ1) is 13.2. The molecule has 0 aliphatic heterocycles. The lowest BCUT2D eigenvalue weighted by Crippen LogP contribution is -2.15. The van der Waals surface area contributed by atoms with Gasteiger partial charge in [-0.3, -0.25) is 9.20 Å². The second kappa shape index (κ2) is 7.33. The fraction of sp³-hybridized carbons (Fsp3) is 0.0909. The maximum atomic E-state index is 12.8. The van der Waals surface area contributed by atoms with E-state index in [1.807, 2.05) is 53.1 Å². The number of anilines is 1. The Labute approximate surface area is 157 Å². The third-order valence-corrected chi connectivity index (χ3v) is 4.38. The number of nitrogens with zero attached hydrogens (tertiary/aromatic N) is 2. The Morgan fingerprint density at radius 3 is 2.67 bits per heavy atom. The molecule has 134 valence electrons. The molecular formula is C22H19N3O2. The SMILES string of the molecule is COc1cccc(C(=O)Nc2c(Cc3ccccc3)nc3ccccn23)c1. The maximum absolute atomic E-state index is 12.8. The molecule has 5 heteroatoms. The van der Waals surface area contributed by atoms with Gasteiger partial charge in [0.05, 0.1) is 12.8 Å². The molecule has 0 bridgehead atoms. The topological polar surface area (TPSA) is 55.6 Å². The monoisotopic (exact) mass is 357 g/mol. The molecule has 0 saturated heterocycles. The summed E-state index contributed by atoms with van der Waals surface area (Å²) in [5.41, 5.74) is 3.29. The smallest absolute Gasteiger partial charge is 0.256 e. The Morgan fingerprint density at radius 2 is 1.85 bits per heavy atom. The molecule has 0 radical (unpaired) electrons. The summed E-state index contributed by atoms with van der Waals surface area (Å²) in [6.07, 6.45) is 2.54. The molecule has 2 aromatic carbocycles. The van der Waals surface area contributed by atoms with Crippen molar-refractivity contribution >= 4 is 17.4 Å². The van der Waals surface area contributed by atoms with Gasteiger partial charge in [0.25, 0.3) is 5.91 Å². The zero-order chi connectivity index (χ0) is 18.6. The number of imidazole rings is 1. The van der Waals surface area contributed by atoms with Crippen LogP contribution in [0.15, 0.2) is 79.0 Å². The van der Waals surface area contributed by atoms with Crippen molar-refractivity contribution in [2.75, 3.05) is 12.4 Å². The normalized spacial score (nSPS) is 10.7. The summed E-state index contributed by atoms with van der Waals surface area (Å²) >= 11 is 0. The molecule has 4 aromatic rings. The van der Waals surface area contributed by atoms with Gasteiger partial charge in [-0.15, -0.1) is 0 Å². The molecular weight excluding hydrogens is 338 g/mol. The fourth-order valence-corrected chi connectivity index (χ4v) is 3.03. The highest BCUT2D eigenvalue weighted by atomic mass is 16.5. The largest absolute Gasteiger partial charge is 0.497 e.